The first-order valence-corrected chi connectivity index (χ1v) is 7.97. The minimum Gasteiger partial charge on any atom is -0.482 e. The zero-order valence-electron chi connectivity index (χ0n) is 11.8. The quantitative estimate of drug-likeness (QED) is 0.534. The number of ether oxygens (including phenoxy) is 1. The molecule has 3 rings (SSSR count). The molecule has 0 fully saturated rings. The summed E-state index contributed by atoms with van der Waals surface area (Å²) in [5, 5.41) is 0. The van der Waals surface area contributed by atoms with Gasteiger partial charge in [0.2, 0.25) is 0 Å². The zero-order chi connectivity index (χ0) is 15.4. The smallest absolute Gasteiger partial charge is 0.195 e. The molecule has 0 spiro atoms. The highest BCUT2D eigenvalue weighted by atomic mass is 79.9. The number of alkyl halides is 1. The largest absolute Gasteiger partial charge is 0.482 e. The number of hydrogen-bond donors (Lipinski definition) is 1. The Kier molecular flexibility index (Phi) is 4.39. The second kappa shape index (κ2) is 6.62. The highest BCUT2D eigenvalue weighted by Gasteiger charge is 2.15. The lowest BCUT2D eigenvalue weighted by Gasteiger charge is -2.06. The highest BCUT2D eigenvalue weighted by molar-refractivity contribution is 9.09. The Bertz CT molecular complexity index is 763. The van der Waals surface area contributed by atoms with E-state index in [0.29, 0.717) is 16.6 Å². The SMILES string of the molecule is O=C(c1ccccc1)c1c[nH]cc1-c1ccc(OCBr)cc1. The van der Waals surface area contributed by atoms with Crippen LogP contribution in [0.1, 0.15) is 15.9 Å². The number of nitrogens with one attached hydrogen (secondary N) is 1. The van der Waals surface area contributed by atoms with Gasteiger partial charge in [-0.25, -0.2) is 0 Å². The summed E-state index contributed by atoms with van der Waals surface area (Å²) in [4.78, 5) is 15.6. The maximum Gasteiger partial charge on any atom is 0.195 e. The number of halogens is 1. The van der Waals surface area contributed by atoms with Crippen LogP contribution in [0.15, 0.2) is 67.0 Å². The standard InChI is InChI=1S/C18H14BrNO2/c19-12-22-15-8-6-13(7-9-15)16-10-20-11-17(16)18(21)14-4-2-1-3-5-14/h1-11,20H,12H2. The first-order valence-electron chi connectivity index (χ1n) is 6.85. The first-order chi connectivity index (χ1) is 10.8. The molecule has 0 aliphatic heterocycles. The molecule has 4 heteroatoms. The summed E-state index contributed by atoms with van der Waals surface area (Å²) in [6, 6.07) is 17.0. The lowest BCUT2D eigenvalue weighted by molar-refractivity contribution is 0.103. The summed E-state index contributed by atoms with van der Waals surface area (Å²) < 4.78 is 5.37. The van der Waals surface area contributed by atoms with Crippen molar-refractivity contribution in [2.24, 2.45) is 0 Å². The van der Waals surface area contributed by atoms with Crippen molar-refractivity contribution in [3.8, 4) is 16.9 Å². The van der Waals surface area contributed by atoms with Crippen LogP contribution in [0.3, 0.4) is 0 Å². The van der Waals surface area contributed by atoms with Gasteiger partial charge in [-0.2, -0.15) is 0 Å². The fraction of sp³-hybridized carbons (Fsp3) is 0.0556. The predicted molar refractivity (Wildman–Crippen MR) is 90.5 cm³/mol. The summed E-state index contributed by atoms with van der Waals surface area (Å²) in [6.07, 6.45) is 3.59. The number of H-pyrrole nitrogens is 1. The molecule has 1 N–H and O–H groups in total. The van der Waals surface area contributed by atoms with Crippen LogP contribution in [-0.4, -0.2) is 16.3 Å². The van der Waals surface area contributed by atoms with Crippen LogP contribution >= 0.6 is 15.9 Å². The van der Waals surface area contributed by atoms with Crippen molar-refractivity contribution in [2.45, 2.75) is 0 Å². The molecular formula is C18H14BrNO2. The van der Waals surface area contributed by atoms with Crippen molar-refractivity contribution < 1.29 is 9.53 Å². The average molecular weight is 356 g/mol. The molecule has 0 bridgehead atoms. The molecule has 110 valence electrons. The Morgan fingerprint density at radius 1 is 1.00 bits per heavy atom. The fourth-order valence-electron chi connectivity index (χ4n) is 2.33. The molecule has 1 aromatic heterocycles. The Morgan fingerprint density at radius 2 is 1.73 bits per heavy atom. The van der Waals surface area contributed by atoms with Gasteiger partial charge in [0.05, 0.1) is 0 Å². The minimum absolute atomic E-state index is 0.0117. The van der Waals surface area contributed by atoms with E-state index < -0.39 is 0 Å². The second-order valence-electron chi connectivity index (χ2n) is 4.76. The van der Waals surface area contributed by atoms with Crippen molar-refractivity contribution in [1.82, 2.24) is 4.98 Å². The van der Waals surface area contributed by atoms with E-state index in [1.165, 1.54) is 0 Å². The number of rotatable bonds is 5. The van der Waals surface area contributed by atoms with Crippen molar-refractivity contribution in [2.75, 3.05) is 5.52 Å². The topological polar surface area (TPSA) is 42.1 Å². The van der Waals surface area contributed by atoms with Gasteiger partial charge in [0.1, 0.15) is 11.3 Å². The maximum absolute atomic E-state index is 12.6. The number of aromatic nitrogens is 1. The van der Waals surface area contributed by atoms with Crippen molar-refractivity contribution in [1.29, 1.82) is 0 Å². The third-order valence-corrected chi connectivity index (χ3v) is 3.64. The lowest BCUT2D eigenvalue weighted by Crippen LogP contribution is -2.01. The van der Waals surface area contributed by atoms with Gasteiger partial charge >= 0.3 is 0 Å². The number of carbonyl (C=O) groups excluding carboxylic acids is 1. The van der Waals surface area contributed by atoms with Crippen LogP contribution in [-0.2, 0) is 0 Å². The molecule has 22 heavy (non-hydrogen) atoms. The molecule has 0 amide bonds. The van der Waals surface area contributed by atoms with Gasteiger partial charge in [-0.05, 0) is 33.6 Å². The number of aromatic amines is 1. The summed E-state index contributed by atoms with van der Waals surface area (Å²) in [5.41, 5.74) is 3.67. The number of benzene rings is 2. The molecule has 1 heterocycles. The molecule has 0 aliphatic carbocycles. The number of carbonyl (C=O) groups is 1. The van der Waals surface area contributed by atoms with Crippen LogP contribution in [0, 0.1) is 0 Å². The van der Waals surface area contributed by atoms with E-state index in [9.17, 15) is 4.79 Å². The predicted octanol–water partition coefficient (Wildman–Crippen LogP) is 4.64. The molecule has 0 saturated carbocycles. The first kappa shape index (κ1) is 14.6. The normalized spacial score (nSPS) is 10.4. The highest BCUT2D eigenvalue weighted by Crippen LogP contribution is 2.27. The third-order valence-electron chi connectivity index (χ3n) is 3.41. The summed E-state index contributed by atoms with van der Waals surface area (Å²) in [5.74, 6) is 0.796. The average Bonchev–Trinajstić information content (AvgIpc) is 3.05. The van der Waals surface area contributed by atoms with Gasteiger partial charge in [0.25, 0.3) is 0 Å². The van der Waals surface area contributed by atoms with Crippen molar-refractivity contribution in [3.63, 3.8) is 0 Å². The van der Waals surface area contributed by atoms with E-state index in [2.05, 4.69) is 20.9 Å². The van der Waals surface area contributed by atoms with Gasteiger partial charge in [0.15, 0.2) is 5.78 Å². The van der Waals surface area contributed by atoms with Crippen LogP contribution < -0.4 is 4.74 Å². The van der Waals surface area contributed by atoms with Gasteiger partial charge < -0.3 is 9.72 Å². The zero-order valence-corrected chi connectivity index (χ0v) is 13.3. The Balaban J connectivity index is 1.93. The number of hydrogen-bond acceptors (Lipinski definition) is 2. The Morgan fingerprint density at radius 3 is 2.41 bits per heavy atom. The van der Waals surface area contributed by atoms with E-state index in [-0.39, 0.29) is 5.78 Å². The van der Waals surface area contributed by atoms with Crippen molar-refractivity contribution in [3.05, 3.63) is 78.1 Å². The van der Waals surface area contributed by atoms with Crippen molar-refractivity contribution >= 4 is 21.7 Å². The summed E-state index contributed by atoms with van der Waals surface area (Å²) in [7, 11) is 0. The molecule has 0 atom stereocenters. The molecule has 3 aromatic rings. The molecule has 0 unspecified atom stereocenters. The van der Waals surface area contributed by atoms with E-state index in [1.54, 1.807) is 6.20 Å². The van der Waals surface area contributed by atoms with Gasteiger partial charge in [-0.15, -0.1) is 0 Å². The maximum atomic E-state index is 12.6. The van der Waals surface area contributed by atoms with Crippen LogP contribution in [0.4, 0.5) is 0 Å². The molecular weight excluding hydrogens is 342 g/mol. The van der Waals surface area contributed by atoms with Gasteiger partial charge in [-0.3, -0.25) is 4.79 Å². The molecule has 0 saturated heterocycles. The fourth-order valence-corrected chi connectivity index (χ4v) is 2.59. The Hall–Kier alpha value is -2.33. The number of ketones is 1. The molecule has 2 aromatic carbocycles. The second-order valence-corrected chi connectivity index (χ2v) is 5.21. The minimum atomic E-state index is 0.0117. The van der Waals surface area contributed by atoms with Gasteiger partial charge in [-0.1, -0.05) is 42.5 Å². The van der Waals surface area contributed by atoms with E-state index in [4.69, 9.17) is 4.74 Å². The van der Waals surface area contributed by atoms with Crippen LogP contribution in [0.5, 0.6) is 5.75 Å². The van der Waals surface area contributed by atoms with Gasteiger partial charge in [0, 0.05) is 29.1 Å². The van der Waals surface area contributed by atoms with E-state index in [0.717, 1.165) is 16.9 Å². The third kappa shape index (κ3) is 2.97. The molecule has 0 radical (unpaired) electrons. The Labute approximate surface area is 137 Å². The molecule has 0 aliphatic rings. The van der Waals surface area contributed by atoms with E-state index >= 15 is 0 Å². The lowest BCUT2D eigenvalue weighted by atomic mass is 9.98. The van der Waals surface area contributed by atoms with E-state index in [1.807, 2.05) is 60.8 Å². The summed E-state index contributed by atoms with van der Waals surface area (Å²) >= 11 is 3.23. The van der Waals surface area contributed by atoms with Crippen LogP contribution in [0.2, 0.25) is 0 Å². The monoisotopic (exact) mass is 355 g/mol. The molecule has 3 nitrogen and oxygen atoms in total. The summed E-state index contributed by atoms with van der Waals surface area (Å²) in [6.45, 7) is 0. The van der Waals surface area contributed by atoms with Crippen LogP contribution in [0.25, 0.3) is 11.1 Å².